The van der Waals surface area contributed by atoms with Crippen LogP contribution in [0.2, 0.25) is 5.02 Å². The number of amides is 1. The van der Waals surface area contributed by atoms with Gasteiger partial charge in [0.25, 0.3) is 5.56 Å². The van der Waals surface area contributed by atoms with Gasteiger partial charge in [-0.1, -0.05) is 23.7 Å². The Morgan fingerprint density at radius 3 is 2.70 bits per heavy atom. The summed E-state index contributed by atoms with van der Waals surface area (Å²) in [4.78, 5) is 41.4. The summed E-state index contributed by atoms with van der Waals surface area (Å²) in [5.74, 6) is -1.11. The van der Waals surface area contributed by atoms with E-state index in [1.54, 1.807) is 31.2 Å². The number of hydrogen-bond donors (Lipinski definition) is 1. The van der Waals surface area contributed by atoms with Gasteiger partial charge < -0.3 is 10.1 Å². The standard InChI is InChI=1S/C19H16ClN3O4/c1-11(23-10-21-15-6-4-3-5-13(15)18(23)25)17(24)22-16-9-12(20)7-8-14(16)19(26)27-2/h3-11H,1-2H3,(H,22,24). The summed E-state index contributed by atoms with van der Waals surface area (Å²) in [6, 6.07) is 10.4. The predicted octanol–water partition coefficient (Wildman–Crippen LogP) is 3.04. The number of anilines is 1. The minimum atomic E-state index is -0.862. The molecule has 1 atom stereocenters. The van der Waals surface area contributed by atoms with Crippen LogP contribution in [0.25, 0.3) is 10.9 Å². The highest BCUT2D eigenvalue weighted by atomic mass is 35.5. The maximum atomic E-state index is 12.7. The van der Waals surface area contributed by atoms with Gasteiger partial charge in [0, 0.05) is 5.02 Å². The van der Waals surface area contributed by atoms with Crippen LogP contribution in [-0.4, -0.2) is 28.5 Å². The third kappa shape index (κ3) is 3.68. The van der Waals surface area contributed by atoms with Crippen molar-refractivity contribution in [2.75, 3.05) is 12.4 Å². The summed E-state index contributed by atoms with van der Waals surface area (Å²) >= 11 is 5.97. The molecule has 2 aromatic carbocycles. The molecule has 0 bridgehead atoms. The number of aromatic nitrogens is 2. The molecule has 7 nitrogen and oxygen atoms in total. The fourth-order valence-electron chi connectivity index (χ4n) is 2.63. The first-order valence-electron chi connectivity index (χ1n) is 8.07. The Morgan fingerprint density at radius 2 is 1.96 bits per heavy atom. The number of carbonyl (C=O) groups is 2. The van der Waals surface area contributed by atoms with Crippen LogP contribution in [0.15, 0.2) is 53.6 Å². The first-order valence-corrected chi connectivity index (χ1v) is 8.44. The molecule has 0 aliphatic heterocycles. The first kappa shape index (κ1) is 18.6. The van der Waals surface area contributed by atoms with Crippen LogP contribution >= 0.6 is 11.6 Å². The van der Waals surface area contributed by atoms with Crippen molar-refractivity contribution >= 4 is 40.1 Å². The summed E-state index contributed by atoms with van der Waals surface area (Å²) in [6.45, 7) is 1.57. The summed E-state index contributed by atoms with van der Waals surface area (Å²) in [5, 5.41) is 3.39. The number of methoxy groups -OCH3 is 1. The predicted molar refractivity (Wildman–Crippen MR) is 102 cm³/mol. The lowest BCUT2D eigenvalue weighted by Gasteiger charge is -2.16. The Morgan fingerprint density at radius 1 is 1.22 bits per heavy atom. The fourth-order valence-corrected chi connectivity index (χ4v) is 2.80. The zero-order chi connectivity index (χ0) is 19.6. The molecular formula is C19H16ClN3O4. The van der Waals surface area contributed by atoms with E-state index in [2.05, 4.69) is 10.3 Å². The van der Waals surface area contributed by atoms with Crippen LogP contribution in [0, 0.1) is 0 Å². The number of rotatable bonds is 4. The van der Waals surface area contributed by atoms with Gasteiger partial charge in [-0.2, -0.15) is 0 Å². The van der Waals surface area contributed by atoms with Gasteiger partial charge in [-0.15, -0.1) is 0 Å². The molecule has 1 unspecified atom stereocenters. The molecule has 1 N–H and O–H groups in total. The Balaban J connectivity index is 1.94. The second-order valence-corrected chi connectivity index (χ2v) is 6.26. The first-order chi connectivity index (χ1) is 12.9. The highest BCUT2D eigenvalue weighted by molar-refractivity contribution is 6.31. The summed E-state index contributed by atoms with van der Waals surface area (Å²) < 4.78 is 5.95. The topological polar surface area (TPSA) is 90.3 Å². The summed E-state index contributed by atoms with van der Waals surface area (Å²) in [6.07, 6.45) is 1.33. The lowest BCUT2D eigenvalue weighted by molar-refractivity contribution is -0.118. The van der Waals surface area contributed by atoms with Crippen LogP contribution in [0.5, 0.6) is 0 Å². The molecule has 1 aromatic heterocycles. The van der Waals surface area contributed by atoms with E-state index in [-0.39, 0.29) is 16.8 Å². The van der Waals surface area contributed by atoms with Gasteiger partial charge in [-0.05, 0) is 37.3 Å². The number of nitrogens with zero attached hydrogens (tertiary/aromatic N) is 2. The van der Waals surface area contributed by atoms with Gasteiger partial charge in [0.1, 0.15) is 6.04 Å². The Labute approximate surface area is 159 Å². The molecule has 0 saturated carbocycles. The second-order valence-electron chi connectivity index (χ2n) is 5.82. The normalized spacial score (nSPS) is 11.8. The molecule has 3 aromatic rings. The molecule has 0 aliphatic rings. The number of ether oxygens (including phenoxy) is 1. The summed E-state index contributed by atoms with van der Waals surface area (Å²) in [5.41, 5.74) is 0.580. The molecule has 0 fully saturated rings. The van der Waals surface area contributed by atoms with E-state index in [0.29, 0.717) is 15.9 Å². The SMILES string of the molecule is COC(=O)c1ccc(Cl)cc1NC(=O)C(C)n1cnc2ccccc2c1=O. The second kappa shape index (κ2) is 7.59. The number of esters is 1. The number of fused-ring (bicyclic) bond motifs is 1. The quantitative estimate of drug-likeness (QED) is 0.697. The van der Waals surface area contributed by atoms with Gasteiger partial charge in [0.15, 0.2) is 0 Å². The Hall–Kier alpha value is -3.19. The van der Waals surface area contributed by atoms with E-state index in [9.17, 15) is 14.4 Å². The van der Waals surface area contributed by atoms with Gasteiger partial charge in [0.2, 0.25) is 5.91 Å². The molecule has 138 valence electrons. The van der Waals surface area contributed by atoms with Crippen LogP contribution in [0.1, 0.15) is 23.3 Å². The zero-order valence-corrected chi connectivity index (χ0v) is 15.4. The van der Waals surface area contributed by atoms with Gasteiger partial charge in [-0.3, -0.25) is 14.2 Å². The molecule has 0 saturated heterocycles. The number of carbonyl (C=O) groups excluding carboxylic acids is 2. The Kier molecular flexibility index (Phi) is 5.23. The van der Waals surface area contributed by atoms with Crippen molar-refractivity contribution in [3.05, 3.63) is 69.7 Å². The number of nitrogens with one attached hydrogen (secondary N) is 1. The number of halogens is 1. The average molecular weight is 386 g/mol. The maximum Gasteiger partial charge on any atom is 0.339 e. The molecular weight excluding hydrogens is 370 g/mol. The molecule has 3 rings (SSSR count). The minimum Gasteiger partial charge on any atom is -0.465 e. The minimum absolute atomic E-state index is 0.159. The van der Waals surface area contributed by atoms with Crippen molar-refractivity contribution in [2.45, 2.75) is 13.0 Å². The average Bonchev–Trinajstić information content (AvgIpc) is 2.67. The molecule has 27 heavy (non-hydrogen) atoms. The van der Waals surface area contributed by atoms with Crippen molar-refractivity contribution in [1.82, 2.24) is 9.55 Å². The van der Waals surface area contributed by atoms with Crippen molar-refractivity contribution in [1.29, 1.82) is 0 Å². The molecule has 0 spiro atoms. The lowest BCUT2D eigenvalue weighted by Crippen LogP contribution is -2.32. The van der Waals surface area contributed by atoms with Crippen molar-refractivity contribution < 1.29 is 14.3 Å². The van der Waals surface area contributed by atoms with Gasteiger partial charge in [0.05, 0.1) is 35.6 Å². The molecule has 8 heteroatoms. The number of hydrogen-bond acceptors (Lipinski definition) is 5. The van der Waals surface area contributed by atoms with E-state index in [1.165, 1.54) is 36.2 Å². The van der Waals surface area contributed by atoms with Crippen molar-refractivity contribution in [3.8, 4) is 0 Å². The van der Waals surface area contributed by atoms with E-state index in [4.69, 9.17) is 16.3 Å². The largest absolute Gasteiger partial charge is 0.465 e. The smallest absolute Gasteiger partial charge is 0.339 e. The highest BCUT2D eigenvalue weighted by Gasteiger charge is 2.21. The van der Waals surface area contributed by atoms with E-state index < -0.39 is 17.9 Å². The van der Waals surface area contributed by atoms with Crippen LogP contribution < -0.4 is 10.9 Å². The maximum absolute atomic E-state index is 12.7. The molecule has 1 amide bonds. The molecule has 0 radical (unpaired) electrons. The van der Waals surface area contributed by atoms with E-state index >= 15 is 0 Å². The van der Waals surface area contributed by atoms with Crippen molar-refractivity contribution in [3.63, 3.8) is 0 Å². The number of benzene rings is 2. The third-order valence-electron chi connectivity index (χ3n) is 4.13. The third-order valence-corrected chi connectivity index (χ3v) is 4.37. The fraction of sp³-hybridized carbons (Fsp3) is 0.158. The highest BCUT2D eigenvalue weighted by Crippen LogP contribution is 2.23. The van der Waals surface area contributed by atoms with Crippen LogP contribution in [0.4, 0.5) is 5.69 Å². The van der Waals surface area contributed by atoms with E-state index in [1.807, 2.05) is 0 Å². The van der Waals surface area contributed by atoms with Gasteiger partial charge >= 0.3 is 5.97 Å². The summed E-state index contributed by atoms with van der Waals surface area (Å²) in [7, 11) is 1.24. The van der Waals surface area contributed by atoms with Crippen molar-refractivity contribution in [2.24, 2.45) is 0 Å². The van der Waals surface area contributed by atoms with E-state index in [0.717, 1.165) is 0 Å². The van der Waals surface area contributed by atoms with Crippen LogP contribution in [-0.2, 0) is 9.53 Å². The molecule has 0 aliphatic carbocycles. The monoisotopic (exact) mass is 385 g/mol. The Bertz CT molecular complexity index is 1090. The zero-order valence-electron chi connectivity index (χ0n) is 14.6. The van der Waals surface area contributed by atoms with Gasteiger partial charge in [-0.25, -0.2) is 9.78 Å². The lowest BCUT2D eigenvalue weighted by atomic mass is 10.1. The molecule has 1 heterocycles. The van der Waals surface area contributed by atoms with Crippen LogP contribution in [0.3, 0.4) is 0 Å². The number of para-hydroxylation sites is 1.